The van der Waals surface area contributed by atoms with E-state index in [1.54, 1.807) is 6.92 Å². The summed E-state index contributed by atoms with van der Waals surface area (Å²) in [6.45, 7) is 1.58. The lowest BCUT2D eigenvalue weighted by Crippen LogP contribution is -2.55. The Morgan fingerprint density at radius 2 is 1.56 bits per heavy atom. The van der Waals surface area contributed by atoms with Crippen LogP contribution in [0.15, 0.2) is 47.4 Å². The van der Waals surface area contributed by atoms with Gasteiger partial charge in [0.1, 0.15) is 4.75 Å². The van der Waals surface area contributed by atoms with Crippen LogP contribution in [0.3, 0.4) is 0 Å². The molecule has 5 rings (SSSR count). The van der Waals surface area contributed by atoms with Gasteiger partial charge in [0.05, 0.1) is 16.9 Å². The molecule has 0 bridgehead atoms. The van der Waals surface area contributed by atoms with Crippen molar-refractivity contribution in [2.75, 3.05) is 6.54 Å². The Bertz CT molecular complexity index is 1620. The molecular formula is C30H29ClF7NO5S. The molecule has 6 nitrogen and oxygen atoms in total. The first-order chi connectivity index (χ1) is 20.7. The molecule has 246 valence electrons. The third kappa shape index (κ3) is 5.01. The molecule has 45 heavy (non-hydrogen) atoms. The van der Waals surface area contributed by atoms with Gasteiger partial charge >= 0.3 is 24.0 Å². The second kappa shape index (κ2) is 10.9. The van der Waals surface area contributed by atoms with Crippen LogP contribution in [0.25, 0.3) is 0 Å². The van der Waals surface area contributed by atoms with Gasteiger partial charge in [-0.2, -0.15) is 26.3 Å². The number of carboxylic acid groups (broad SMARTS) is 1. The summed E-state index contributed by atoms with van der Waals surface area (Å²) in [7, 11) is -4.53. The number of carbonyl (C=O) groups is 2. The quantitative estimate of drug-likeness (QED) is 0.339. The average molecular weight is 684 g/mol. The van der Waals surface area contributed by atoms with Gasteiger partial charge in [-0.15, -0.1) is 0 Å². The fraction of sp³-hybridized carbons (Fsp3) is 0.533. The van der Waals surface area contributed by atoms with Crippen molar-refractivity contribution in [1.82, 2.24) is 4.90 Å². The fourth-order valence-electron chi connectivity index (χ4n) is 7.38. The standard InChI is InChI=1S/C30H29ClF7NO5S/c1-26(11-9-17(10-12-26)24(40)41)25(42)39-14-13-27(45(43,44)21-4-2-3-20(31)16-21)22-7-6-19(15-18(22)5-8-23(27)39)28(32,29(33,34)35)30(36,37)38/h2-4,6-7,15-17,23H,5,8-14H2,1H3,(H,40,41). The highest BCUT2D eigenvalue weighted by Crippen LogP contribution is 2.57. The van der Waals surface area contributed by atoms with Crippen molar-refractivity contribution in [3.05, 3.63) is 64.2 Å². The van der Waals surface area contributed by atoms with E-state index in [1.165, 1.54) is 29.2 Å². The molecule has 1 N–H and O–H groups in total. The van der Waals surface area contributed by atoms with Crippen LogP contribution >= 0.6 is 11.6 Å². The van der Waals surface area contributed by atoms with E-state index in [-0.39, 0.29) is 72.5 Å². The Kier molecular flexibility index (Phi) is 8.08. The predicted molar refractivity (Wildman–Crippen MR) is 148 cm³/mol. The topological polar surface area (TPSA) is 91.8 Å². The molecule has 2 unspecified atom stereocenters. The number of carboxylic acids is 1. The number of carbonyl (C=O) groups excluding carboxylic acids is 1. The Morgan fingerprint density at radius 1 is 0.933 bits per heavy atom. The number of nitrogens with zero attached hydrogens (tertiary/aromatic N) is 1. The lowest BCUT2D eigenvalue weighted by Gasteiger charge is -2.45. The maximum Gasteiger partial charge on any atom is 0.435 e. The zero-order chi connectivity index (χ0) is 33.4. The Labute approximate surface area is 259 Å². The summed E-state index contributed by atoms with van der Waals surface area (Å²) in [6.07, 6.45) is -12.4. The molecule has 1 saturated heterocycles. The van der Waals surface area contributed by atoms with Crippen LogP contribution in [-0.4, -0.2) is 55.2 Å². The van der Waals surface area contributed by atoms with E-state index in [2.05, 4.69) is 0 Å². The van der Waals surface area contributed by atoms with Crippen molar-refractivity contribution >= 4 is 33.3 Å². The largest absolute Gasteiger partial charge is 0.481 e. The molecule has 15 heteroatoms. The molecule has 0 radical (unpaired) electrons. The van der Waals surface area contributed by atoms with Crippen LogP contribution in [0.2, 0.25) is 5.02 Å². The first-order valence-electron chi connectivity index (χ1n) is 14.2. The molecule has 2 atom stereocenters. The number of alkyl halides is 7. The van der Waals surface area contributed by atoms with Crippen LogP contribution in [0.1, 0.15) is 62.1 Å². The number of benzene rings is 2. The van der Waals surface area contributed by atoms with Gasteiger partial charge in [0, 0.05) is 22.5 Å². The molecular weight excluding hydrogens is 655 g/mol. The highest BCUT2D eigenvalue weighted by Gasteiger charge is 2.74. The van der Waals surface area contributed by atoms with Gasteiger partial charge in [-0.25, -0.2) is 12.8 Å². The minimum Gasteiger partial charge on any atom is -0.481 e. The van der Waals surface area contributed by atoms with E-state index in [9.17, 15) is 49.5 Å². The molecule has 0 spiro atoms. The van der Waals surface area contributed by atoms with Crippen molar-refractivity contribution in [3.63, 3.8) is 0 Å². The summed E-state index contributed by atoms with van der Waals surface area (Å²) in [5.74, 6) is -2.01. The van der Waals surface area contributed by atoms with E-state index < -0.39 is 67.4 Å². The molecule has 1 amide bonds. The van der Waals surface area contributed by atoms with Gasteiger partial charge in [0.25, 0.3) is 0 Å². The number of rotatable bonds is 5. The molecule has 2 aromatic rings. The molecule has 1 saturated carbocycles. The number of amides is 1. The molecule has 2 fully saturated rings. The summed E-state index contributed by atoms with van der Waals surface area (Å²) < 4.78 is 124. The van der Waals surface area contributed by atoms with Crippen LogP contribution in [-0.2, 0) is 36.3 Å². The van der Waals surface area contributed by atoms with Crippen molar-refractivity contribution in [2.24, 2.45) is 11.3 Å². The second-order valence-corrected chi connectivity index (χ2v) is 15.0. The number of hydrogen-bond acceptors (Lipinski definition) is 4. The van der Waals surface area contributed by atoms with Gasteiger partial charge < -0.3 is 10.0 Å². The average Bonchev–Trinajstić information content (AvgIpc) is 3.36. The number of hydrogen-bond donors (Lipinski definition) is 1. The molecule has 1 heterocycles. The zero-order valence-corrected chi connectivity index (χ0v) is 25.4. The summed E-state index contributed by atoms with van der Waals surface area (Å²) >= 11 is 6.09. The number of sulfone groups is 1. The summed E-state index contributed by atoms with van der Waals surface area (Å²) in [6, 6.07) is 5.71. The van der Waals surface area contributed by atoms with Crippen molar-refractivity contribution in [2.45, 2.75) is 85.6 Å². The van der Waals surface area contributed by atoms with Gasteiger partial charge in [-0.05, 0) is 74.3 Å². The predicted octanol–water partition coefficient (Wildman–Crippen LogP) is 7.13. The number of fused-ring (bicyclic) bond motifs is 3. The van der Waals surface area contributed by atoms with Crippen LogP contribution in [0.4, 0.5) is 30.7 Å². The van der Waals surface area contributed by atoms with E-state index in [0.29, 0.717) is 12.1 Å². The van der Waals surface area contributed by atoms with Crippen LogP contribution in [0, 0.1) is 11.3 Å². The molecule has 2 aliphatic carbocycles. The number of aliphatic carboxylic acids is 1. The van der Waals surface area contributed by atoms with Crippen molar-refractivity contribution in [3.8, 4) is 0 Å². The first-order valence-corrected chi connectivity index (χ1v) is 16.1. The monoisotopic (exact) mass is 683 g/mol. The molecule has 1 aliphatic heterocycles. The Hall–Kier alpha value is -2.87. The van der Waals surface area contributed by atoms with E-state index >= 15 is 4.39 Å². The smallest absolute Gasteiger partial charge is 0.435 e. The molecule has 2 aromatic carbocycles. The number of halogens is 8. The minimum absolute atomic E-state index is 0.0570. The Balaban J connectivity index is 1.65. The van der Waals surface area contributed by atoms with Gasteiger partial charge in [-0.3, -0.25) is 9.59 Å². The summed E-state index contributed by atoms with van der Waals surface area (Å²) in [4.78, 5) is 26.7. The van der Waals surface area contributed by atoms with Crippen LogP contribution < -0.4 is 0 Å². The fourth-order valence-corrected chi connectivity index (χ4v) is 10.0. The highest BCUT2D eigenvalue weighted by molar-refractivity contribution is 7.92. The minimum atomic E-state index is -6.35. The maximum absolute atomic E-state index is 15.0. The maximum atomic E-state index is 15.0. The lowest BCUT2D eigenvalue weighted by atomic mass is 9.70. The summed E-state index contributed by atoms with van der Waals surface area (Å²) in [5.41, 5.74) is -8.74. The second-order valence-electron chi connectivity index (χ2n) is 12.4. The van der Waals surface area contributed by atoms with E-state index in [1.807, 2.05) is 0 Å². The zero-order valence-electron chi connectivity index (χ0n) is 23.8. The summed E-state index contributed by atoms with van der Waals surface area (Å²) in [5, 5.41) is 9.45. The third-order valence-electron chi connectivity index (χ3n) is 9.87. The van der Waals surface area contributed by atoms with Crippen LogP contribution in [0.5, 0.6) is 0 Å². The number of aryl methyl sites for hydroxylation is 1. The van der Waals surface area contributed by atoms with Crippen molar-refractivity contribution < 1.29 is 53.8 Å². The van der Waals surface area contributed by atoms with Gasteiger partial charge in [0.15, 0.2) is 9.84 Å². The lowest BCUT2D eigenvalue weighted by molar-refractivity contribution is -0.348. The van der Waals surface area contributed by atoms with E-state index in [4.69, 9.17) is 11.6 Å². The SMILES string of the molecule is CC1(C(=O)N2CCC3(S(=O)(=O)c4cccc(Cl)c4)c4ccc(C(F)(C(F)(F)F)C(F)(F)F)cc4CCC23)CCC(C(=O)O)CC1. The number of likely N-dealkylation sites (tertiary alicyclic amines) is 1. The highest BCUT2D eigenvalue weighted by atomic mass is 35.5. The molecule has 0 aromatic heterocycles. The van der Waals surface area contributed by atoms with Gasteiger partial charge in [0.2, 0.25) is 5.91 Å². The third-order valence-corrected chi connectivity index (χ3v) is 12.6. The Morgan fingerprint density at radius 3 is 2.11 bits per heavy atom. The van der Waals surface area contributed by atoms with Gasteiger partial charge in [-0.1, -0.05) is 42.8 Å². The first kappa shape index (κ1) is 33.5. The van der Waals surface area contributed by atoms with E-state index in [0.717, 1.165) is 6.07 Å². The normalized spacial score (nSPS) is 27.5. The van der Waals surface area contributed by atoms with Crippen molar-refractivity contribution in [1.29, 1.82) is 0 Å². The molecule has 3 aliphatic rings.